The number of carbonyl (C=O) groups is 2. The Kier molecular flexibility index (Phi) is 8.75. The number of carbonyl (C=O) groups excluding carboxylic acids is 2. The molecule has 34 heavy (non-hydrogen) atoms. The molecule has 0 aromatic heterocycles. The van der Waals surface area contributed by atoms with Gasteiger partial charge in [0, 0.05) is 49.9 Å². The minimum atomic E-state index is -4.51. The predicted octanol–water partition coefficient (Wildman–Crippen LogP) is 5.11. The number of alkyl halides is 3. The van der Waals surface area contributed by atoms with Crippen LogP contribution in [0, 0.1) is 0 Å². The summed E-state index contributed by atoms with van der Waals surface area (Å²) in [7, 11) is 0. The Bertz CT molecular complexity index is 992. The lowest BCUT2D eigenvalue weighted by Crippen LogP contribution is -2.29. The molecule has 1 aliphatic rings. The Hall–Kier alpha value is -3.27. The average molecular weight is 479 g/mol. The Morgan fingerprint density at radius 2 is 1.74 bits per heavy atom. The maximum Gasteiger partial charge on any atom is 0.416 e. The first-order chi connectivity index (χ1) is 16.3. The van der Waals surface area contributed by atoms with E-state index in [1.807, 2.05) is 6.92 Å². The molecule has 0 unspecified atom stereocenters. The first-order valence-electron chi connectivity index (χ1n) is 11.3. The van der Waals surface area contributed by atoms with Crippen LogP contribution in [0.4, 0.5) is 35.0 Å². The van der Waals surface area contributed by atoms with Crippen molar-refractivity contribution in [1.82, 2.24) is 5.32 Å². The van der Waals surface area contributed by atoms with Crippen molar-refractivity contribution in [3.05, 3.63) is 53.6 Å². The van der Waals surface area contributed by atoms with Crippen molar-refractivity contribution in [3.8, 4) is 0 Å². The summed E-state index contributed by atoms with van der Waals surface area (Å²) in [5, 5.41) is 7.88. The lowest BCUT2D eigenvalue weighted by molar-refractivity contribution is -0.137. The van der Waals surface area contributed by atoms with E-state index in [1.165, 1.54) is 12.1 Å². The van der Waals surface area contributed by atoms with Crippen molar-refractivity contribution in [2.24, 2.45) is 0 Å². The van der Waals surface area contributed by atoms with Gasteiger partial charge in [-0.05, 0) is 62.6 Å². The van der Waals surface area contributed by atoms with Crippen molar-refractivity contribution in [3.63, 3.8) is 0 Å². The number of urea groups is 1. The fourth-order valence-electron chi connectivity index (χ4n) is 3.71. The summed E-state index contributed by atoms with van der Waals surface area (Å²) in [6.07, 6.45) is -1.76. The predicted molar refractivity (Wildman–Crippen MR) is 125 cm³/mol. The van der Waals surface area contributed by atoms with Crippen molar-refractivity contribution in [2.75, 3.05) is 48.4 Å². The molecule has 0 radical (unpaired) electrons. The molecular weight excluding hydrogens is 449 g/mol. The average Bonchev–Trinajstić information content (AvgIpc) is 3.33. The normalized spacial score (nSPS) is 13.6. The number of halogens is 3. The van der Waals surface area contributed by atoms with Gasteiger partial charge in [-0.1, -0.05) is 6.07 Å². The quantitative estimate of drug-likeness (QED) is 0.438. The van der Waals surface area contributed by atoms with Crippen molar-refractivity contribution >= 4 is 29.0 Å². The second kappa shape index (κ2) is 11.7. The van der Waals surface area contributed by atoms with Gasteiger partial charge >= 0.3 is 12.2 Å². The van der Waals surface area contributed by atoms with Gasteiger partial charge in [0.05, 0.1) is 11.1 Å². The SMILES string of the molecule is CCOCCCNC(=O)c1cc(NC(=O)Nc2cccc(C(F)(F)F)c2)ccc1N1CCCC1. The number of benzene rings is 2. The second-order valence-corrected chi connectivity index (χ2v) is 7.89. The molecule has 0 atom stereocenters. The number of rotatable bonds is 9. The Balaban J connectivity index is 1.71. The number of ether oxygens (including phenoxy) is 1. The monoisotopic (exact) mass is 478 g/mol. The van der Waals surface area contributed by atoms with E-state index in [-0.39, 0.29) is 11.6 Å². The third kappa shape index (κ3) is 7.11. The molecule has 1 fully saturated rings. The number of hydrogen-bond acceptors (Lipinski definition) is 4. The van der Waals surface area contributed by atoms with Crippen LogP contribution in [-0.2, 0) is 10.9 Å². The van der Waals surface area contributed by atoms with Gasteiger partial charge in [0.15, 0.2) is 0 Å². The second-order valence-electron chi connectivity index (χ2n) is 7.89. The van der Waals surface area contributed by atoms with E-state index >= 15 is 0 Å². The molecule has 1 heterocycles. The van der Waals surface area contributed by atoms with Crippen LogP contribution in [-0.4, -0.2) is 44.8 Å². The standard InChI is InChI=1S/C24H29F3N4O3/c1-2-34-14-6-11-28-22(32)20-16-19(9-10-21(20)31-12-3-4-13-31)30-23(33)29-18-8-5-7-17(15-18)24(25,26)27/h5,7-10,15-16H,2-4,6,11-14H2,1H3,(H,28,32)(H2,29,30,33). The smallest absolute Gasteiger partial charge is 0.382 e. The molecule has 0 saturated carbocycles. The molecule has 3 rings (SSSR count). The van der Waals surface area contributed by atoms with Crippen LogP contribution in [0.2, 0.25) is 0 Å². The van der Waals surface area contributed by atoms with E-state index in [9.17, 15) is 22.8 Å². The van der Waals surface area contributed by atoms with Crippen LogP contribution < -0.4 is 20.9 Å². The molecule has 1 saturated heterocycles. The number of anilines is 3. The summed E-state index contributed by atoms with van der Waals surface area (Å²) >= 11 is 0. The van der Waals surface area contributed by atoms with Crippen molar-refractivity contribution in [2.45, 2.75) is 32.4 Å². The molecule has 7 nitrogen and oxygen atoms in total. The van der Waals surface area contributed by atoms with Crippen molar-refractivity contribution < 1.29 is 27.5 Å². The van der Waals surface area contributed by atoms with Gasteiger partial charge in [0.1, 0.15) is 0 Å². The lowest BCUT2D eigenvalue weighted by atomic mass is 10.1. The van der Waals surface area contributed by atoms with Crippen LogP contribution in [0.5, 0.6) is 0 Å². The van der Waals surface area contributed by atoms with E-state index in [0.717, 1.165) is 43.8 Å². The lowest BCUT2D eigenvalue weighted by Gasteiger charge is -2.22. The van der Waals surface area contributed by atoms with Crippen LogP contribution in [0.3, 0.4) is 0 Å². The van der Waals surface area contributed by atoms with E-state index in [1.54, 1.807) is 18.2 Å². The van der Waals surface area contributed by atoms with Gasteiger partial charge in [-0.25, -0.2) is 4.79 Å². The van der Waals surface area contributed by atoms with Crippen LogP contribution in [0.15, 0.2) is 42.5 Å². The molecule has 2 aromatic rings. The molecule has 1 aliphatic heterocycles. The third-order valence-corrected chi connectivity index (χ3v) is 5.35. The Morgan fingerprint density at radius 3 is 2.41 bits per heavy atom. The molecule has 0 aliphatic carbocycles. The fourth-order valence-corrected chi connectivity index (χ4v) is 3.71. The maximum absolute atomic E-state index is 12.9. The van der Waals surface area contributed by atoms with Gasteiger partial charge in [-0.3, -0.25) is 4.79 Å². The highest BCUT2D eigenvalue weighted by Gasteiger charge is 2.30. The summed E-state index contributed by atoms with van der Waals surface area (Å²) in [5.74, 6) is -0.264. The number of nitrogens with one attached hydrogen (secondary N) is 3. The van der Waals surface area contributed by atoms with Gasteiger partial charge in [-0.2, -0.15) is 13.2 Å². The molecular formula is C24H29F3N4O3. The van der Waals surface area contributed by atoms with Crippen LogP contribution >= 0.6 is 0 Å². The van der Waals surface area contributed by atoms with Gasteiger partial charge in [0.2, 0.25) is 0 Å². The molecule has 2 aromatic carbocycles. The topological polar surface area (TPSA) is 82.7 Å². The van der Waals surface area contributed by atoms with Gasteiger partial charge in [-0.15, -0.1) is 0 Å². The largest absolute Gasteiger partial charge is 0.416 e. The first kappa shape index (κ1) is 25.4. The molecule has 3 N–H and O–H groups in total. The summed E-state index contributed by atoms with van der Waals surface area (Å²) in [6, 6.07) is 8.69. The first-order valence-corrected chi connectivity index (χ1v) is 11.3. The van der Waals surface area contributed by atoms with Crippen LogP contribution in [0.1, 0.15) is 42.1 Å². The number of hydrogen-bond donors (Lipinski definition) is 3. The van der Waals surface area contributed by atoms with E-state index < -0.39 is 17.8 Å². The van der Waals surface area contributed by atoms with E-state index in [4.69, 9.17) is 4.74 Å². The minimum absolute atomic E-state index is 0.00766. The van der Waals surface area contributed by atoms with Crippen molar-refractivity contribution in [1.29, 1.82) is 0 Å². The fraction of sp³-hybridized carbons (Fsp3) is 0.417. The molecule has 10 heteroatoms. The highest BCUT2D eigenvalue weighted by Crippen LogP contribution is 2.31. The highest BCUT2D eigenvalue weighted by atomic mass is 19.4. The number of nitrogens with zero attached hydrogens (tertiary/aromatic N) is 1. The zero-order chi connectivity index (χ0) is 24.6. The van der Waals surface area contributed by atoms with Crippen LogP contribution in [0.25, 0.3) is 0 Å². The van der Waals surface area contributed by atoms with E-state index in [2.05, 4.69) is 20.9 Å². The van der Waals surface area contributed by atoms with Gasteiger partial charge in [0.25, 0.3) is 5.91 Å². The molecule has 0 spiro atoms. The molecule has 0 bridgehead atoms. The van der Waals surface area contributed by atoms with E-state index in [0.29, 0.717) is 37.4 Å². The summed E-state index contributed by atoms with van der Waals surface area (Å²) in [6.45, 7) is 5.20. The van der Waals surface area contributed by atoms with Gasteiger partial charge < -0.3 is 25.6 Å². The highest BCUT2D eigenvalue weighted by molar-refractivity contribution is 6.04. The maximum atomic E-state index is 12.9. The summed E-state index contributed by atoms with van der Waals surface area (Å²) in [5.41, 5.74) is 0.711. The number of amides is 3. The summed E-state index contributed by atoms with van der Waals surface area (Å²) in [4.78, 5) is 27.4. The molecule has 184 valence electrons. The Morgan fingerprint density at radius 1 is 1.03 bits per heavy atom. The zero-order valence-electron chi connectivity index (χ0n) is 19.0. The Labute approximate surface area is 196 Å². The zero-order valence-corrected chi connectivity index (χ0v) is 19.0. The molecule has 3 amide bonds. The minimum Gasteiger partial charge on any atom is -0.382 e. The third-order valence-electron chi connectivity index (χ3n) is 5.35. The summed E-state index contributed by atoms with van der Waals surface area (Å²) < 4.78 is 44.0.